The molecule has 1 fully saturated rings. The first-order valence-electron chi connectivity index (χ1n) is 5.68. The predicted octanol–water partition coefficient (Wildman–Crippen LogP) is -0.927. The fourth-order valence-corrected chi connectivity index (χ4v) is 1.65. The molecule has 98 valence electrons. The fourth-order valence-electron chi connectivity index (χ4n) is 1.65. The van der Waals surface area contributed by atoms with Crippen LogP contribution in [0.4, 0.5) is 0 Å². The number of ether oxygens (including phenoxy) is 1. The highest BCUT2D eigenvalue weighted by molar-refractivity contribution is 5.89. The van der Waals surface area contributed by atoms with E-state index < -0.39 is 18.0 Å². The van der Waals surface area contributed by atoms with Crippen LogP contribution in [-0.2, 0) is 14.3 Å². The van der Waals surface area contributed by atoms with Crippen molar-refractivity contribution >= 4 is 11.8 Å². The van der Waals surface area contributed by atoms with Crippen LogP contribution in [0.5, 0.6) is 0 Å². The number of hydrogen-bond donors (Lipinski definition) is 2. The molecule has 0 radical (unpaired) electrons. The number of morpholine rings is 1. The molecule has 4 N–H and O–H groups in total. The molecule has 2 amide bonds. The molecule has 1 saturated heterocycles. The van der Waals surface area contributed by atoms with Gasteiger partial charge < -0.3 is 21.1 Å². The van der Waals surface area contributed by atoms with Crippen LogP contribution < -0.4 is 11.5 Å². The Hall–Kier alpha value is -1.14. The molecule has 0 aromatic heterocycles. The molecule has 0 saturated carbocycles. The van der Waals surface area contributed by atoms with E-state index in [2.05, 4.69) is 0 Å². The van der Waals surface area contributed by atoms with Crippen molar-refractivity contribution in [3.05, 3.63) is 0 Å². The van der Waals surface area contributed by atoms with Crippen LogP contribution in [-0.4, -0.2) is 48.6 Å². The molecule has 17 heavy (non-hydrogen) atoms. The van der Waals surface area contributed by atoms with Gasteiger partial charge in [0.25, 0.3) is 0 Å². The van der Waals surface area contributed by atoms with E-state index >= 15 is 0 Å². The summed E-state index contributed by atoms with van der Waals surface area (Å²) in [6.45, 7) is 6.57. The average molecular weight is 243 g/mol. The van der Waals surface area contributed by atoms with E-state index in [1.54, 1.807) is 0 Å². The second-order valence-corrected chi connectivity index (χ2v) is 5.37. The van der Waals surface area contributed by atoms with Crippen molar-refractivity contribution in [2.24, 2.45) is 16.9 Å². The van der Waals surface area contributed by atoms with Gasteiger partial charge in [-0.25, -0.2) is 0 Å². The predicted molar refractivity (Wildman–Crippen MR) is 62.9 cm³/mol. The van der Waals surface area contributed by atoms with Gasteiger partial charge in [-0.3, -0.25) is 9.59 Å². The van der Waals surface area contributed by atoms with Gasteiger partial charge in [-0.1, -0.05) is 20.8 Å². The molecule has 6 nitrogen and oxygen atoms in total. The maximum absolute atomic E-state index is 12.2. The minimum atomic E-state index is -0.704. The SMILES string of the molecule is CC(C)(C)[C@H](N)C(=O)N1CCOCC1C(N)=O. The van der Waals surface area contributed by atoms with Crippen molar-refractivity contribution in [3.8, 4) is 0 Å². The molecule has 1 aliphatic rings. The summed E-state index contributed by atoms with van der Waals surface area (Å²) in [6, 6.07) is -1.35. The van der Waals surface area contributed by atoms with E-state index in [0.29, 0.717) is 13.2 Å². The Morgan fingerprint density at radius 1 is 1.41 bits per heavy atom. The molecule has 0 aromatic rings. The maximum Gasteiger partial charge on any atom is 0.242 e. The second kappa shape index (κ2) is 5.01. The van der Waals surface area contributed by atoms with Crippen molar-refractivity contribution in [1.29, 1.82) is 0 Å². The van der Waals surface area contributed by atoms with Crippen LogP contribution in [0.25, 0.3) is 0 Å². The second-order valence-electron chi connectivity index (χ2n) is 5.37. The van der Waals surface area contributed by atoms with Gasteiger partial charge in [0.2, 0.25) is 11.8 Å². The number of hydrogen-bond acceptors (Lipinski definition) is 4. The first-order valence-corrected chi connectivity index (χ1v) is 5.68. The van der Waals surface area contributed by atoms with E-state index in [1.807, 2.05) is 20.8 Å². The Morgan fingerprint density at radius 2 is 2.00 bits per heavy atom. The Labute approximate surface area is 101 Å². The Kier molecular flexibility index (Phi) is 4.11. The lowest BCUT2D eigenvalue weighted by atomic mass is 9.86. The Morgan fingerprint density at radius 3 is 2.47 bits per heavy atom. The monoisotopic (exact) mass is 243 g/mol. The summed E-state index contributed by atoms with van der Waals surface area (Å²) in [4.78, 5) is 24.9. The summed E-state index contributed by atoms with van der Waals surface area (Å²) in [5, 5.41) is 0. The van der Waals surface area contributed by atoms with E-state index in [1.165, 1.54) is 4.90 Å². The number of amides is 2. The normalized spacial score (nSPS) is 23.3. The minimum Gasteiger partial charge on any atom is -0.377 e. The zero-order valence-electron chi connectivity index (χ0n) is 10.6. The molecular weight excluding hydrogens is 222 g/mol. The Balaban J connectivity index is 2.82. The van der Waals surface area contributed by atoms with Crippen LogP contribution in [0.15, 0.2) is 0 Å². The van der Waals surface area contributed by atoms with Gasteiger partial charge in [0.05, 0.1) is 19.3 Å². The van der Waals surface area contributed by atoms with Crippen LogP contribution in [0.3, 0.4) is 0 Å². The van der Waals surface area contributed by atoms with Crippen LogP contribution in [0.1, 0.15) is 20.8 Å². The smallest absolute Gasteiger partial charge is 0.242 e. The van der Waals surface area contributed by atoms with Gasteiger partial charge >= 0.3 is 0 Å². The third kappa shape index (κ3) is 3.17. The standard InChI is InChI=1S/C11H21N3O3/c1-11(2,3)8(12)10(16)14-4-5-17-6-7(14)9(13)15/h7-8H,4-6,12H2,1-3H3,(H2,13,15)/t7?,8-/m1/s1. The van der Waals surface area contributed by atoms with Crippen molar-refractivity contribution in [1.82, 2.24) is 4.90 Å². The highest BCUT2D eigenvalue weighted by atomic mass is 16.5. The molecule has 0 spiro atoms. The summed E-state index contributed by atoms with van der Waals surface area (Å²) in [5.74, 6) is -0.802. The fraction of sp³-hybridized carbons (Fsp3) is 0.818. The molecule has 2 atom stereocenters. The third-order valence-corrected chi connectivity index (χ3v) is 2.94. The molecule has 0 aromatic carbocycles. The number of nitrogens with two attached hydrogens (primary N) is 2. The molecule has 1 heterocycles. The van der Waals surface area contributed by atoms with Crippen molar-refractivity contribution in [2.45, 2.75) is 32.9 Å². The zero-order valence-corrected chi connectivity index (χ0v) is 10.6. The van der Waals surface area contributed by atoms with Gasteiger partial charge in [-0.05, 0) is 5.41 Å². The lowest BCUT2D eigenvalue weighted by Gasteiger charge is -2.38. The van der Waals surface area contributed by atoms with Crippen molar-refractivity contribution in [3.63, 3.8) is 0 Å². The average Bonchev–Trinajstić information content (AvgIpc) is 2.25. The molecule has 6 heteroatoms. The van der Waals surface area contributed by atoms with Crippen LogP contribution in [0.2, 0.25) is 0 Å². The van der Waals surface area contributed by atoms with Gasteiger partial charge in [-0.15, -0.1) is 0 Å². The molecule has 1 aliphatic heterocycles. The van der Waals surface area contributed by atoms with Crippen molar-refractivity contribution < 1.29 is 14.3 Å². The number of rotatable bonds is 2. The third-order valence-electron chi connectivity index (χ3n) is 2.94. The number of carbonyl (C=O) groups is 2. The van der Waals surface area contributed by atoms with Crippen LogP contribution in [0, 0.1) is 5.41 Å². The van der Waals surface area contributed by atoms with Gasteiger partial charge in [-0.2, -0.15) is 0 Å². The molecular formula is C11H21N3O3. The highest BCUT2D eigenvalue weighted by Gasteiger charge is 2.37. The molecule has 1 unspecified atom stereocenters. The van der Waals surface area contributed by atoms with E-state index in [9.17, 15) is 9.59 Å². The van der Waals surface area contributed by atoms with Gasteiger partial charge in [0.1, 0.15) is 6.04 Å². The van der Waals surface area contributed by atoms with Crippen molar-refractivity contribution in [2.75, 3.05) is 19.8 Å². The quantitative estimate of drug-likeness (QED) is 0.654. The maximum atomic E-state index is 12.2. The Bertz CT molecular complexity index is 312. The first kappa shape index (κ1) is 13.9. The van der Waals surface area contributed by atoms with Gasteiger partial charge in [0.15, 0.2) is 0 Å². The number of nitrogens with zero attached hydrogens (tertiary/aromatic N) is 1. The van der Waals surface area contributed by atoms with E-state index in [-0.39, 0.29) is 17.9 Å². The lowest BCUT2D eigenvalue weighted by Crippen LogP contribution is -2.60. The summed E-state index contributed by atoms with van der Waals surface area (Å²) in [6.07, 6.45) is 0. The van der Waals surface area contributed by atoms with Gasteiger partial charge in [0, 0.05) is 6.54 Å². The summed E-state index contributed by atoms with van der Waals surface area (Å²) in [5.41, 5.74) is 10.8. The minimum absolute atomic E-state index is 0.151. The highest BCUT2D eigenvalue weighted by Crippen LogP contribution is 2.20. The number of primary amides is 1. The molecule has 1 rings (SSSR count). The summed E-state index contributed by atoms with van der Waals surface area (Å²) < 4.78 is 5.15. The van der Waals surface area contributed by atoms with E-state index in [4.69, 9.17) is 16.2 Å². The number of carbonyl (C=O) groups excluding carboxylic acids is 2. The first-order chi connectivity index (χ1) is 7.75. The molecule has 0 aliphatic carbocycles. The van der Waals surface area contributed by atoms with E-state index in [0.717, 1.165) is 0 Å². The molecule has 0 bridgehead atoms. The van der Waals surface area contributed by atoms with Crippen LogP contribution >= 0.6 is 0 Å². The topological polar surface area (TPSA) is 98.7 Å². The summed E-state index contributed by atoms with van der Waals surface area (Å²) in [7, 11) is 0. The summed E-state index contributed by atoms with van der Waals surface area (Å²) >= 11 is 0. The lowest BCUT2D eigenvalue weighted by molar-refractivity contribution is -0.149. The largest absolute Gasteiger partial charge is 0.377 e. The zero-order chi connectivity index (χ0) is 13.2.